The summed E-state index contributed by atoms with van der Waals surface area (Å²) in [5.41, 5.74) is 8.17. The molecule has 7 heteroatoms. The number of aryl methyl sites for hydroxylation is 1. The van der Waals surface area contributed by atoms with Crippen LogP contribution < -0.4 is 10.5 Å². The Morgan fingerprint density at radius 1 is 1.42 bits per heavy atom. The van der Waals surface area contributed by atoms with Gasteiger partial charge in [-0.15, -0.1) is 0 Å². The second kappa shape index (κ2) is 5.02. The van der Waals surface area contributed by atoms with E-state index in [2.05, 4.69) is 9.82 Å². The summed E-state index contributed by atoms with van der Waals surface area (Å²) in [4.78, 5) is 0.150. The number of hydrogen-bond donors (Lipinski definition) is 2. The molecule has 0 aliphatic heterocycles. The highest BCUT2D eigenvalue weighted by Crippen LogP contribution is 2.16. The fraction of sp³-hybridized carbons (Fsp3) is 0.250. The molecule has 2 aromatic rings. The van der Waals surface area contributed by atoms with Crippen LogP contribution in [-0.4, -0.2) is 18.2 Å². The summed E-state index contributed by atoms with van der Waals surface area (Å²) in [5, 5.41) is 3.85. The monoisotopic (exact) mass is 280 g/mol. The van der Waals surface area contributed by atoms with Gasteiger partial charge < -0.3 is 5.73 Å². The standard InChI is InChI=1S/C12H16N4O2S/c1-9-10(4-3-5-12(9)13)6-15-19(17,18)11-7-14-16(2)8-11/h3-5,7-8,15H,6,13H2,1-2H3. The Kier molecular flexibility index (Phi) is 3.59. The maximum Gasteiger partial charge on any atom is 0.243 e. The van der Waals surface area contributed by atoms with Gasteiger partial charge in [-0.05, 0) is 24.1 Å². The maximum atomic E-state index is 12.0. The highest BCUT2D eigenvalue weighted by molar-refractivity contribution is 7.89. The lowest BCUT2D eigenvalue weighted by molar-refractivity contribution is 0.581. The van der Waals surface area contributed by atoms with Crippen molar-refractivity contribution < 1.29 is 8.42 Å². The molecule has 0 bridgehead atoms. The number of nitrogens with zero attached hydrogens (tertiary/aromatic N) is 2. The van der Waals surface area contributed by atoms with E-state index in [1.54, 1.807) is 19.2 Å². The average Bonchev–Trinajstić information content (AvgIpc) is 2.79. The molecule has 0 aliphatic carbocycles. The number of aromatic nitrogens is 2. The van der Waals surface area contributed by atoms with Gasteiger partial charge in [0.25, 0.3) is 0 Å². The zero-order valence-electron chi connectivity index (χ0n) is 10.8. The number of anilines is 1. The zero-order chi connectivity index (χ0) is 14.0. The number of sulfonamides is 1. The summed E-state index contributed by atoms with van der Waals surface area (Å²) in [6.07, 6.45) is 2.77. The van der Waals surface area contributed by atoms with Crippen molar-refractivity contribution in [2.75, 3.05) is 5.73 Å². The first-order valence-electron chi connectivity index (χ1n) is 5.72. The van der Waals surface area contributed by atoms with Crippen LogP contribution in [0.1, 0.15) is 11.1 Å². The highest BCUT2D eigenvalue weighted by atomic mass is 32.2. The van der Waals surface area contributed by atoms with Crippen molar-refractivity contribution in [2.24, 2.45) is 7.05 Å². The molecule has 1 aromatic carbocycles. The van der Waals surface area contributed by atoms with Crippen LogP contribution in [0.4, 0.5) is 5.69 Å². The largest absolute Gasteiger partial charge is 0.399 e. The summed E-state index contributed by atoms with van der Waals surface area (Å²) in [7, 11) is -1.87. The topological polar surface area (TPSA) is 90.0 Å². The molecule has 0 spiro atoms. The van der Waals surface area contributed by atoms with E-state index in [1.165, 1.54) is 17.1 Å². The lowest BCUT2D eigenvalue weighted by atomic mass is 10.1. The third kappa shape index (κ3) is 2.94. The SMILES string of the molecule is Cc1c(N)cccc1CNS(=O)(=O)c1cnn(C)c1. The lowest BCUT2D eigenvalue weighted by Gasteiger charge is -2.09. The minimum atomic E-state index is -3.54. The summed E-state index contributed by atoms with van der Waals surface area (Å²) >= 11 is 0. The first-order chi connectivity index (χ1) is 8.90. The lowest BCUT2D eigenvalue weighted by Crippen LogP contribution is -2.23. The summed E-state index contributed by atoms with van der Waals surface area (Å²) < 4.78 is 28.0. The quantitative estimate of drug-likeness (QED) is 0.810. The summed E-state index contributed by atoms with van der Waals surface area (Å²) in [5.74, 6) is 0. The molecule has 19 heavy (non-hydrogen) atoms. The fourth-order valence-corrected chi connectivity index (χ4v) is 2.68. The van der Waals surface area contributed by atoms with E-state index >= 15 is 0 Å². The molecule has 0 saturated carbocycles. The molecule has 0 aliphatic rings. The number of nitrogen functional groups attached to an aromatic ring is 1. The van der Waals surface area contributed by atoms with Crippen LogP contribution in [0.2, 0.25) is 0 Å². The number of nitrogens with two attached hydrogens (primary N) is 1. The number of hydrogen-bond acceptors (Lipinski definition) is 4. The van der Waals surface area contributed by atoms with E-state index in [1.807, 2.05) is 13.0 Å². The van der Waals surface area contributed by atoms with Gasteiger partial charge in [0.1, 0.15) is 4.90 Å². The van der Waals surface area contributed by atoms with Crippen molar-refractivity contribution in [3.8, 4) is 0 Å². The second-order valence-electron chi connectivity index (χ2n) is 4.31. The van der Waals surface area contributed by atoms with E-state index in [0.717, 1.165) is 11.1 Å². The predicted molar refractivity (Wildman–Crippen MR) is 72.8 cm³/mol. The van der Waals surface area contributed by atoms with Gasteiger partial charge in [-0.25, -0.2) is 13.1 Å². The Bertz CT molecular complexity index is 692. The number of nitrogens with one attached hydrogen (secondary N) is 1. The molecule has 0 atom stereocenters. The predicted octanol–water partition coefficient (Wildman–Crippen LogP) is 0.789. The van der Waals surface area contributed by atoms with Gasteiger partial charge in [0.2, 0.25) is 10.0 Å². The normalized spacial score (nSPS) is 11.7. The molecule has 1 heterocycles. The molecule has 0 saturated heterocycles. The fourth-order valence-electron chi connectivity index (χ4n) is 1.69. The first-order valence-corrected chi connectivity index (χ1v) is 7.21. The van der Waals surface area contributed by atoms with Crippen molar-refractivity contribution >= 4 is 15.7 Å². The van der Waals surface area contributed by atoms with Crippen molar-refractivity contribution in [1.82, 2.24) is 14.5 Å². The molecule has 1 aromatic heterocycles. The summed E-state index contributed by atoms with van der Waals surface area (Å²) in [6.45, 7) is 2.07. The van der Waals surface area contributed by atoms with Crippen LogP contribution in [-0.2, 0) is 23.6 Å². The van der Waals surface area contributed by atoms with Crippen LogP contribution in [0, 0.1) is 6.92 Å². The molecule has 6 nitrogen and oxygen atoms in total. The first kappa shape index (κ1) is 13.6. The average molecular weight is 280 g/mol. The van der Waals surface area contributed by atoms with E-state index in [-0.39, 0.29) is 11.4 Å². The molecule has 2 rings (SSSR count). The van der Waals surface area contributed by atoms with Crippen LogP contribution >= 0.6 is 0 Å². The molecule has 3 N–H and O–H groups in total. The van der Waals surface area contributed by atoms with E-state index in [9.17, 15) is 8.42 Å². The molecular weight excluding hydrogens is 264 g/mol. The minimum absolute atomic E-state index is 0.150. The molecule has 0 amide bonds. The van der Waals surface area contributed by atoms with E-state index in [4.69, 9.17) is 5.73 Å². The van der Waals surface area contributed by atoms with Crippen molar-refractivity contribution in [2.45, 2.75) is 18.4 Å². The van der Waals surface area contributed by atoms with Crippen molar-refractivity contribution in [3.05, 3.63) is 41.7 Å². The molecular formula is C12H16N4O2S. The van der Waals surface area contributed by atoms with Crippen molar-refractivity contribution in [3.63, 3.8) is 0 Å². The third-order valence-electron chi connectivity index (χ3n) is 2.93. The third-order valence-corrected chi connectivity index (χ3v) is 4.29. The van der Waals surface area contributed by atoms with E-state index in [0.29, 0.717) is 5.69 Å². The van der Waals surface area contributed by atoms with Gasteiger partial charge in [-0.3, -0.25) is 4.68 Å². The van der Waals surface area contributed by atoms with Gasteiger partial charge in [0.15, 0.2) is 0 Å². The number of benzene rings is 1. The second-order valence-corrected chi connectivity index (χ2v) is 6.07. The van der Waals surface area contributed by atoms with Gasteiger partial charge in [0.05, 0.1) is 6.20 Å². The Morgan fingerprint density at radius 3 is 2.79 bits per heavy atom. The highest BCUT2D eigenvalue weighted by Gasteiger charge is 2.16. The Morgan fingerprint density at radius 2 is 2.16 bits per heavy atom. The smallest absolute Gasteiger partial charge is 0.243 e. The van der Waals surface area contributed by atoms with E-state index < -0.39 is 10.0 Å². The minimum Gasteiger partial charge on any atom is -0.399 e. The van der Waals surface area contributed by atoms with Crippen LogP contribution in [0.15, 0.2) is 35.5 Å². The number of rotatable bonds is 4. The Labute approximate surface area is 112 Å². The molecule has 102 valence electrons. The van der Waals surface area contributed by atoms with Gasteiger partial charge in [-0.1, -0.05) is 12.1 Å². The van der Waals surface area contributed by atoms with Gasteiger partial charge >= 0.3 is 0 Å². The van der Waals surface area contributed by atoms with Crippen LogP contribution in [0.3, 0.4) is 0 Å². The Balaban J connectivity index is 2.16. The maximum absolute atomic E-state index is 12.0. The van der Waals surface area contributed by atoms with Crippen LogP contribution in [0.5, 0.6) is 0 Å². The van der Waals surface area contributed by atoms with Gasteiger partial charge in [-0.2, -0.15) is 5.10 Å². The Hall–Kier alpha value is -1.86. The summed E-state index contributed by atoms with van der Waals surface area (Å²) in [6, 6.07) is 5.43. The van der Waals surface area contributed by atoms with Gasteiger partial charge in [0, 0.05) is 25.5 Å². The zero-order valence-corrected chi connectivity index (χ0v) is 11.6. The molecule has 0 unspecified atom stereocenters. The van der Waals surface area contributed by atoms with Crippen LogP contribution in [0.25, 0.3) is 0 Å². The molecule has 0 fully saturated rings. The molecule has 0 radical (unpaired) electrons. The van der Waals surface area contributed by atoms with Crippen molar-refractivity contribution in [1.29, 1.82) is 0 Å².